The van der Waals surface area contributed by atoms with E-state index >= 15 is 0 Å². The Morgan fingerprint density at radius 2 is 1.62 bits per heavy atom. The van der Waals surface area contributed by atoms with Gasteiger partial charge in [-0.15, -0.1) is 5.10 Å². The summed E-state index contributed by atoms with van der Waals surface area (Å²) in [6, 6.07) is 19.3. The summed E-state index contributed by atoms with van der Waals surface area (Å²) in [5.41, 5.74) is 1.64. The first-order valence-electron chi connectivity index (χ1n) is 9.42. The first-order chi connectivity index (χ1) is 15.3. The number of nitrogens with zero attached hydrogens (tertiary/aromatic N) is 2. The Labute approximate surface area is 189 Å². The summed E-state index contributed by atoms with van der Waals surface area (Å²) in [6.07, 6.45) is 0. The van der Waals surface area contributed by atoms with Gasteiger partial charge in [-0.3, -0.25) is 14.8 Å². The molecule has 2 N–H and O–H groups in total. The summed E-state index contributed by atoms with van der Waals surface area (Å²) in [5.74, 6) is -0.485. The zero-order chi connectivity index (χ0) is 22.7. The Hall–Kier alpha value is -3.69. The summed E-state index contributed by atoms with van der Waals surface area (Å²) in [6.45, 7) is 1.86. The predicted octanol–water partition coefficient (Wildman–Crippen LogP) is 4.75. The second-order valence-corrected chi connectivity index (χ2v) is 8.90. The fourth-order valence-corrected chi connectivity index (χ4v) is 4.17. The van der Waals surface area contributed by atoms with Crippen LogP contribution in [0.3, 0.4) is 0 Å². The van der Waals surface area contributed by atoms with E-state index in [0.29, 0.717) is 10.6 Å². The van der Waals surface area contributed by atoms with Crippen LogP contribution in [0.4, 0.5) is 11.7 Å². The van der Waals surface area contributed by atoms with Gasteiger partial charge in [0.05, 0.1) is 26.7 Å². The van der Waals surface area contributed by atoms with Gasteiger partial charge in [0.2, 0.25) is 0 Å². The molecule has 10 heteroatoms. The molecule has 8 nitrogen and oxygen atoms in total. The molecule has 1 aromatic heterocycles. The highest BCUT2D eigenvalue weighted by Gasteiger charge is 2.20. The van der Waals surface area contributed by atoms with Gasteiger partial charge in [0.25, 0.3) is 21.8 Å². The van der Waals surface area contributed by atoms with Gasteiger partial charge in [0, 0.05) is 0 Å². The molecule has 162 valence electrons. The lowest BCUT2D eigenvalue weighted by Gasteiger charge is -2.12. The zero-order valence-corrected chi connectivity index (χ0v) is 18.3. The maximum atomic E-state index is 12.8. The number of aryl methyl sites for hydroxylation is 1. The third kappa shape index (κ3) is 4.63. The van der Waals surface area contributed by atoms with Crippen LogP contribution in [-0.2, 0) is 10.0 Å². The summed E-state index contributed by atoms with van der Waals surface area (Å²) in [5, 5.41) is 10.6. The van der Waals surface area contributed by atoms with Crippen molar-refractivity contribution >= 4 is 39.2 Å². The number of carbonyl (C=O) groups is 1. The molecule has 0 aliphatic heterocycles. The maximum Gasteiger partial charge on any atom is 0.322 e. The van der Waals surface area contributed by atoms with E-state index in [9.17, 15) is 13.2 Å². The number of amides is 1. The van der Waals surface area contributed by atoms with Gasteiger partial charge in [-0.05, 0) is 43.3 Å². The quantitative estimate of drug-likeness (QED) is 0.422. The Balaban J connectivity index is 1.56. The molecule has 4 rings (SSSR count). The fourth-order valence-electron chi connectivity index (χ4n) is 2.87. The highest BCUT2D eigenvalue weighted by atomic mass is 35.5. The van der Waals surface area contributed by atoms with Crippen LogP contribution in [0.5, 0.6) is 0 Å². The molecule has 0 aliphatic rings. The van der Waals surface area contributed by atoms with E-state index in [-0.39, 0.29) is 28.1 Å². The lowest BCUT2D eigenvalue weighted by molar-refractivity contribution is 0.102. The van der Waals surface area contributed by atoms with Crippen molar-refractivity contribution < 1.29 is 17.6 Å². The van der Waals surface area contributed by atoms with Crippen molar-refractivity contribution in [2.75, 3.05) is 10.0 Å². The van der Waals surface area contributed by atoms with E-state index in [1.807, 2.05) is 6.92 Å². The van der Waals surface area contributed by atoms with Crippen LogP contribution in [-0.4, -0.2) is 24.5 Å². The van der Waals surface area contributed by atoms with Crippen LogP contribution in [0.2, 0.25) is 5.02 Å². The molecule has 0 fully saturated rings. The first-order valence-corrected chi connectivity index (χ1v) is 11.3. The molecule has 0 aliphatic carbocycles. The topological polar surface area (TPSA) is 114 Å². The van der Waals surface area contributed by atoms with Crippen molar-refractivity contribution in [1.82, 2.24) is 10.2 Å². The van der Waals surface area contributed by atoms with Gasteiger partial charge in [-0.25, -0.2) is 8.42 Å². The Morgan fingerprint density at radius 3 is 2.38 bits per heavy atom. The number of halogens is 1. The van der Waals surface area contributed by atoms with Crippen molar-refractivity contribution in [1.29, 1.82) is 0 Å². The summed E-state index contributed by atoms with van der Waals surface area (Å²) in [7, 11) is -3.89. The third-order valence-electron chi connectivity index (χ3n) is 4.50. The van der Waals surface area contributed by atoms with Gasteiger partial charge >= 0.3 is 6.01 Å². The van der Waals surface area contributed by atoms with Crippen molar-refractivity contribution in [3.05, 3.63) is 88.9 Å². The number of benzene rings is 3. The van der Waals surface area contributed by atoms with Crippen molar-refractivity contribution in [2.24, 2.45) is 0 Å². The van der Waals surface area contributed by atoms with E-state index in [0.717, 1.165) is 5.56 Å². The largest absolute Gasteiger partial charge is 0.403 e. The molecular formula is C22H17ClN4O4S. The summed E-state index contributed by atoms with van der Waals surface area (Å²) in [4.78, 5) is 12.9. The SMILES string of the molecule is Cc1ccc(S(=O)(=O)Nc2ccccc2C(=O)Nc2nnc(-c3ccccc3Cl)o2)cc1. The van der Waals surface area contributed by atoms with Gasteiger partial charge in [-0.2, -0.15) is 0 Å². The number of hydrogen-bond donors (Lipinski definition) is 2. The molecule has 0 saturated heterocycles. The van der Waals surface area contributed by atoms with Gasteiger partial charge in [0.15, 0.2) is 0 Å². The molecule has 4 aromatic rings. The third-order valence-corrected chi connectivity index (χ3v) is 6.21. The van der Waals surface area contributed by atoms with E-state index in [1.165, 1.54) is 24.3 Å². The smallest absolute Gasteiger partial charge is 0.322 e. The minimum absolute atomic E-state index is 0.0830. The summed E-state index contributed by atoms with van der Waals surface area (Å²) < 4.78 is 33.4. The molecule has 1 amide bonds. The molecule has 32 heavy (non-hydrogen) atoms. The van der Waals surface area contributed by atoms with Crippen molar-refractivity contribution in [3.63, 3.8) is 0 Å². The van der Waals surface area contributed by atoms with E-state index < -0.39 is 15.9 Å². The molecule has 0 radical (unpaired) electrons. The molecule has 3 aromatic carbocycles. The van der Waals surface area contributed by atoms with Gasteiger partial charge in [-0.1, -0.05) is 58.7 Å². The normalized spacial score (nSPS) is 11.2. The number of carbonyl (C=O) groups excluding carboxylic acids is 1. The Bertz CT molecular complexity index is 1390. The van der Waals surface area contributed by atoms with Crippen LogP contribution < -0.4 is 10.0 Å². The first kappa shape index (κ1) is 21.5. The van der Waals surface area contributed by atoms with Crippen molar-refractivity contribution in [3.8, 4) is 11.5 Å². The minimum Gasteiger partial charge on any atom is -0.403 e. The van der Waals surface area contributed by atoms with E-state index in [1.54, 1.807) is 48.5 Å². The summed E-state index contributed by atoms with van der Waals surface area (Å²) >= 11 is 6.13. The van der Waals surface area contributed by atoms with Crippen LogP contribution in [0.1, 0.15) is 15.9 Å². The average Bonchev–Trinajstić information content (AvgIpc) is 3.22. The number of anilines is 2. The highest BCUT2D eigenvalue weighted by Crippen LogP contribution is 2.28. The van der Waals surface area contributed by atoms with Crippen LogP contribution in [0, 0.1) is 6.92 Å². The number of hydrogen-bond acceptors (Lipinski definition) is 6. The Morgan fingerprint density at radius 1 is 0.938 bits per heavy atom. The number of sulfonamides is 1. The molecule has 0 spiro atoms. The van der Waals surface area contributed by atoms with E-state index in [4.69, 9.17) is 16.0 Å². The van der Waals surface area contributed by atoms with Crippen molar-refractivity contribution in [2.45, 2.75) is 11.8 Å². The molecule has 0 unspecified atom stereocenters. The van der Waals surface area contributed by atoms with Crippen LogP contribution in [0.15, 0.2) is 82.1 Å². The van der Waals surface area contributed by atoms with E-state index in [2.05, 4.69) is 20.2 Å². The standard InChI is InChI=1S/C22H17ClN4O4S/c1-14-10-12-15(13-11-14)32(29,30)27-19-9-5-3-7-17(19)20(28)24-22-26-25-21(31-22)16-6-2-4-8-18(16)23/h2-13,27H,1H3,(H,24,26,28). The highest BCUT2D eigenvalue weighted by molar-refractivity contribution is 7.92. The number of nitrogens with one attached hydrogen (secondary N) is 2. The molecule has 0 atom stereocenters. The second kappa shape index (κ2) is 8.81. The number of rotatable bonds is 6. The van der Waals surface area contributed by atoms with Crippen LogP contribution >= 0.6 is 11.6 Å². The predicted molar refractivity (Wildman–Crippen MR) is 121 cm³/mol. The van der Waals surface area contributed by atoms with Gasteiger partial charge in [0.1, 0.15) is 0 Å². The molecule has 0 bridgehead atoms. The molecule has 0 saturated carbocycles. The zero-order valence-electron chi connectivity index (χ0n) is 16.7. The monoisotopic (exact) mass is 468 g/mol. The molecular weight excluding hydrogens is 452 g/mol. The van der Waals surface area contributed by atoms with Gasteiger partial charge < -0.3 is 4.42 Å². The average molecular weight is 469 g/mol. The molecule has 1 heterocycles. The minimum atomic E-state index is -3.89. The second-order valence-electron chi connectivity index (χ2n) is 6.81. The fraction of sp³-hybridized carbons (Fsp3) is 0.0455. The lowest BCUT2D eigenvalue weighted by atomic mass is 10.2. The number of para-hydroxylation sites is 1. The lowest BCUT2D eigenvalue weighted by Crippen LogP contribution is -2.18. The number of aromatic nitrogens is 2. The maximum absolute atomic E-state index is 12.8. The van der Waals surface area contributed by atoms with Crippen LogP contribution in [0.25, 0.3) is 11.5 Å². The Kier molecular flexibility index (Phi) is 5.93.